The Labute approximate surface area is 173 Å². The third-order valence-electron chi connectivity index (χ3n) is 5.19. The van der Waals surface area contributed by atoms with Gasteiger partial charge in [-0.05, 0) is 61.5 Å². The van der Waals surface area contributed by atoms with Crippen LogP contribution in [0.25, 0.3) is 5.76 Å². The number of hydrogen-bond donors (Lipinski definition) is 1. The first-order chi connectivity index (χ1) is 13.9. The summed E-state index contributed by atoms with van der Waals surface area (Å²) in [6.45, 7) is 5.75. The van der Waals surface area contributed by atoms with Gasteiger partial charge >= 0.3 is 0 Å². The second-order valence-electron chi connectivity index (χ2n) is 7.34. The van der Waals surface area contributed by atoms with Crippen molar-refractivity contribution in [1.29, 1.82) is 0 Å². The molecule has 4 rings (SSSR count). The monoisotopic (exact) mass is 403 g/mol. The van der Waals surface area contributed by atoms with Crippen molar-refractivity contribution in [3.8, 4) is 0 Å². The quantitative estimate of drug-likeness (QED) is 0.367. The lowest BCUT2D eigenvalue weighted by molar-refractivity contribution is -0.132. The van der Waals surface area contributed by atoms with E-state index in [9.17, 15) is 14.7 Å². The van der Waals surface area contributed by atoms with Crippen molar-refractivity contribution in [3.63, 3.8) is 0 Å². The summed E-state index contributed by atoms with van der Waals surface area (Å²) >= 11 is 1.46. The summed E-state index contributed by atoms with van der Waals surface area (Å²) in [5.41, 5.74) is 4.16. The number of anilines is 1. The highest BCUT2D eigenvalue weighted by Crippen LogP contribution is 2.44. The van der Waals surface area contributed by atoms with E-state index in [0.717, 1.165) is 21.6 Å². The summed E-state index contributed by atoms with van der Waals surface area (Å²) in [5.74, 6) is -1.41. The molecule has 2 aromatic carbocycles. The molecule has 3 aromatic rings. The molecule has 5 heteroatoms. The van der Waals surface area contributed by atoms with E-state index in [1.54, 1.807) is 0 Å². The van der Waals surface area contributed by atoms with Crippen LogP contribution in [0.5, 0.6) is 0 Å². The van der Waals surface area contributed by atoms with E-state index in [1.807, 2.05) is 80.7 Å². The summed E-state index contributed by atoms with van der Waals surface area (Å²) in [4.78, 5) is 28.5. The Balaban J connectivity index is 1.97. The maximum atomic E-state index is 13.1. The molecule has 1 aromatic heterocycles. The lowest BCUT2D eigenvalue weighted by Crippen LogP contribution is -2.29. The molecule has 1 saturated heterocycles. The molecule has 0 aliphatic carbocycles. The Hall–Kier alpha value is -3.18. The number of aryl methyl sites for hydroxylation is 3. The van der Waals surface area contributed by atoms with Gasteiger partial charge in [0.05, 0.1) is 5.57 Å². The number of rotatable bonds is 3. The zero-order valence-electron chi connectivity index (χ0n) is 16.5. The Morgan fingerprint density at radius 1 is 0.966 bits per heavy atom. The minimum absolute atomic E-state index is 0.127. The number of thiophene rings is 1. The zero-order valence-corrected chi connectivity index (χ0v) is 17.3. The van der Waals surface area contributed by atoms with Crippen molar-refractivity contribution in [2.45, 2.75) is 26.8 Å². The van der Waals surface area contributed by atoms with Gasteiger partial charge < -0.3 is 5.11 Å². The molecule has 0 saturated carbocycles. The van der Waals surface area contributed by atoms with Gasteiger partial charge in [0.2, 0.25) is 0 Å². The fourth-order valence-electron chi connectivity index (χ4n) is 3.73. The number of carbonyl (C=O) groups excluding carboxylic acids is 2. The summed E-state index contributed by atoms with van der Waals surface area (Å²) < 4.78 is 0. The van der Waals surface area contributed by atoms with Crippen LogP contribution in [-0.2, 0) is 9.59 Å². The third kappa shape index (κ3) is 3.28. The molecule has 1 fully saturated rings. The van der Waals surface area contributed by atoms with Crippen molar-refractivity contribution in [2.75, 3.05) is 4.90 Å². The number of aliphatic hydroxyl groups excluding tert-OH is 1. The molecule has 1 N–H and O–H groups in total. The standard InChI is InChI=1S/C24H21NO3S/c1-14-6-4-7-17(12-14)25-21(19-8-5-11-29-19)20(23(27)24(25)28)22(26)18-13-15(2)9-10-16(18)3/h4-13,21,26H,1-3H3/b22-20-. The minimum Gasteiger partial charge on any atom is -0.507 e. The second kappa shape index (κ2) is 7.33. The van der Waals surface area contributed by atoms with E-state index in [-0.39, 0.29) is 11.3 Å². The molecular formula is C24H21NO3S. The van der Waals surface area contributed by atoms with E-state index < -0.39 is 17.7 Å². The molecule has 1 atom stereocenters. The van der Waals surface area contributed by atoms with Crippen molar-refractivity contribution in [2.24, 2.45) is 0 Å². The summed E-state index contributed by atoms with van der Waals surface area (Å²) in [6, 6.07) is 16.3. The van der Waals surface area contributed by atoms with Crippen LogP contribution in [0, 0.1) is 20.8 Å². The smallest absolute Gasteiger partial charge is 0.300 e. The van der Waals surface area contributed by atoms with E-state index in [1.165, 1.54) is 16.2 Å². The number of aliphatic hydroxyl groups is 1. The van der Waals surface area contributed by atoms with Crippen LogP contribution in [-0.4, -0.2) is 16.8 Å². The Bertz CT molecular complexity index is 1140. The number of carbonyl (C=O) groups is 2. The molecular weight excluding hydrogens is 382 g/mol. The number of ketones is 1. The van der Waals surface area contributed by atoms with Crippen LogP contribution in [0.15, 0.2) is 65.6 Å². The minimum atomic E-state index is -0.664. The first kappa shape index (κ1) is 19.2. The van der Waals surface area contributed by atoms with Gasteiger partial charge in [-0.2, -0.15) is 0 Å². The summed E-state index contributed by atoms with van der Waals surface area (Å²) in [5, 5.41) is 13.1. The zero-order chi connectivity index (χ0) is 20.7. The molecule has 1 amide bonds. The highest BCUT2D eigenvalue weighted by molar-refractivity contribution is 7.10. The molecule has 4 nitrogen and oxygen atoms in total. The highest BCUT2D eigenvalue weighted by atomic mass is 32.1. The molecule has 0 radical (unpaired) electrons. The van der Waals surface area contributed by atoms with Crippen molar-refractivity contribution in [3.05, 3.63) is 92.7 Å². The molecule has 1 aliphatic heterocycles. The SMILES string of the molecule is Cc1cccc(N2C(=O)C(=O)/C(=C(\O)c3cc(C)ccc3C)C2c2cccs2)c1. The predicted octanol–water partition coefficient (Wildman–Crippen LogP) is 5.30. The molecule has 1 aliphatic rings. The molecule has 146 valence electrons. The topological polar surface area (TPSA) is 57.6 Å². The molecule has 29 heavy (non-hydrogen) atoms. The third-order valence-corrected chi connectivity index (χ3v) is 6.11. The van der Waals surface area contributed by atoms with Gasteiger partial charge in [-0.1, -0.05) is 35.9 Å². The Morgan fingerprint density at radius 3 is 2.41 bits per heavy atom. The second-order valence-corrected chi connectivity index (χ2v) is 8.32. The van der Waals surface area contributed by atoms with E-state index in [0.29, 0.717) is 11.3 Å². The fourth-order valence-corrected chi connectivity index (χ4v) is 4.55. The number of hydrogen-bond acceptors (Lipinski definition) is 4. The summed E-state index contributed by atoms with van der Waals surface area (Å²) in [6.07, 6.45) is 0. The first-order valence-corrected chi connectivity index (χ1v) is 10.2. The van der Waals surface area contributed by atoms with Crippen LogP contribution in [0.1, 0.15) is 33.2 Å². The van der Waals surface area contributed by atoms with Crippen molar-refractivity contribution < 1.29 is 14.7 Å². The van der Waals surface area contributed by atoms with Gasteiger partial charge in [-0.15, -0.1) is 11.3 Å². The maximum Gasteiger partial charge on any atom is 0.300 e. The molecule has 0 spiro atoms. The van der Waals surface area contributed by atoms with Gasteiger partial charge in [0.25, 0.3) is 11.7 Å². The van der Waals surface area contributed by atoms with Crippen molar-refractivity contribution in [1.82, 2.24) is 0 Å². The van der Waals surface area contributed by atoms with Crippen molar-refractivity contribution >= 4 is 34.5 Å². The van der Waals surface area contributed by atoms with Gasteiger partial charge in [0, 0.05) is 16.1 Å². The lowest BCUT2D eigenvalue weighted by Gasteiger charge is -2.24. The van der Waals surface area contributed by atoms with E-state index >= 15 is 0 Å². The average molecular weight is 404 g/mol. The van der Waals surface area contributed by atoms with E-state index in [4.69, 9.17) is 0 Å². The number of amides is 1. The molecule has 2 heterocycles. The predicted molar refractivity (Wildman–Crippen MR) is 116 cm³/mol. The first-order valence-electron chi connectivity index (χ1n) is 9.37. The van der Waals surface area contributed by atoms with Gasteiger partial charge in [-0.3, -0.25) is 14.5 Å². The van der Waals surface area contributed by atoms with Crippen LogP contribution in [0.4, 0.5) is 5.69 Å². The van der Waals surface area contributed by atoms with Crippen LogP contribution in [0.3, 0.4) is 0 Å². The van der Waals surface area contributed by atoms with Gasteiger partial charge in [0.15, 0.2) is 0 Å². The van der Waals surface area contributed by atoms with Gasteiger partial charge in [-0.25, -0.2) is 0 Å². The number of nitrogens with zero attached hydrogens (tertiary/aromatic N) is 1. The van der Waals surface area contributed by atoms with Crippen LogP contribution < -0.4 is 4.90 Å². The van der Waals surface area contributed by atoms with Crippen LogP contribution in [0.2, 0.25) is 0 Å². The lowest BCUT2D eigenvalue weighted by atomic mass is 9.96. The number of benzene rings is 2. The maximum absolute atomic E-state index is 13.1. The van der Waals surface area contributed by atoms with Gasteiger partial charge in [0.1, 0.15) is 11.8 Å². The average Bonchev–Trinajstić information content (AvgIpc) is 3.30. The fraction of sp³-hybridized carbons (Fsp3) is 0.167. The van der Waals surface area contributed by atoms with Crippen LogP contribution >= 0.6 is 11.3 Å². The highest BCUT2D eigenvalue weighted by Gasteiger charge is 2.47. The largest absolute Gasteiger partial charge is 0.507 e. The van der Waals surface area contributed by atoms with E-state index in [2.05, 4.69) is 0 Å². The normalized spacial score (nSPS) is 18.4. The Kier molecular flexibility index (Phi) is 4.84. The number of Topliss-reactive ketones (excluding diaryl/α,β-unsaturated/α-hetero) is 1. The molecule has 0 bridgehead atoms. The molecule has 1 unspecified atom stereocenters. The summed E-state index contributed by atoms with van der Waals surface area (Å²) in [7, 11) is 0. The Morgan fingerprint density at radius 2 is 1.72 bits per heavy atom.